The molecule has 1 heterocycles. The van der Waals surface area contributed by atoms with Crippen molar-refractivity contribution in [3.05, 3.63) is 65.2 Å². The maximum atomic E-state index is 13.2. The summed E-state index contributed by atoms with van der Waals surface area (Å²) < 4.78 is 0. The van der Waals surface area contributed by atoms with Gasteiger partial charge < -0.3 is 5.11 Å². The van der Waals surface area contributed by atoms with E-state index in [-0.39, 0.29) is 11.7 Å². The molecule has 1 N–H and O–H groups in total. The zero-order valence-corrected chi connectivity index (χ0v) is 13.9. The number of anilines is 1. The highest BCUT2D eigenvalue weighted by molar-refractivity contribution is 6.10. The number of phenolic OH excluding ortho intramolecular Hbond substituents is 1. The van der Waals surface area contributed by atoms with Crippen molar-refractivity contribution in [3.63, 3.8) is 0 Å². The average molecular weight is 307 g/mol. The van der Waals surface area contributed by atoms with Crippen molar-refractivity contribution in [2.24, 2.45) is 0 Å². The molecule has 1 aliphatic rings. The molecule has 23 heavy (non-hydrogen) atoms. The first-order valence-electron chi connectivity index (χ1n) is 7.74. The predicted octanol–water partition coefficient (Wildman–Crippen LogP) is 4.54. The molecule has 1 amide bonds. The van der Waals surface area contributed by atoms with Crippen LogP contribution in [-0.2, 0) is 0 Å². The largest absolute Gasteiger partial charge is 0.508 e. The number of carbonyl (C=O) groups is 1. The van der Waals surface area contributed by atoms with Crippen LogP contribution in [-0.4, -0.2) is 16.6 Å². The Morgan fingerprint density at radius 3 is 2.48 bits per heavy atom. The SMILES string of the molecule is CC1=CC(C)(C)N(C(=O)c2ccccc2C)c2ccc(O)cc21. The minimum Gasteiger partial charge on any atom is -0.508 e. The molecule has 118 valence electrons. The highest BCUT2D eigenvalue weighted by atomic mass is 16.3. The maximum absolute atomic E-state index is 13.2. The smallest absolute Gasteiger partial charge is 0.259 e. The van der Waals surface area contributed by atoms with Crippen LogP contribution in [0.5, 0.6) is 5.75 Å². The number of rotatable bonds is 1. The summed E-state index contributed by atoms with van der Waals surface area (Å²) in [5.41, 5.74) is 4.02. The first-order chi connectivity index (χ1) is 10.8. The van der Waals surface area contributed by atoms with E-state index in [0.717, 1.165) is 22.4 Å². The highest BCUT2D eigenvalue weighted by Gasteiger charge is 2.36. The summed E-state index contributed by atoms with van der Waals surface area (Å²) in [4.78, 5) is 15.0. The Kier molecular flexibility index (Phi) is 3.52. The molecule has 0 atom stereocenters. The molecule has 0 aromatic heterocycles. The van der Waals surface area contributed by atoms with Crippen LogP contribution in [0, 0.1) is 6.92 Å². The molecule has 0 saturated heterocycles. The van der Waals surface area contributed by atoms with Gasteiger partial charge in [-0.2, -0.15) is 0 Å². The maximum Gasteiger partial charge on any atom is 0.259 e. The van der Waals surface area contributed by atoms with Gasteiger partial charge in [-0.3, -0.25) is 9.69 Å². The molecule has 0 spiro atoms. The number of hydrogen-bond donors (Lipinski definition) is 1. The number of aryl methyl sites for hydroxylation is 1. The monoisotopic (exact) mass is 307 g/mol. The molecule has 1 aliphatic heterocycles. The highest BCUT2D eigenvalue weighted by Crippen LogP contribution is 2.41. The molecule has 0 saturated carbocycles. The standard InChI is InChI=1S/C20H21NO2/c1-13-7-5-6-8-16(13)19(23)21-18-10-9-15(22)11-17(18)14(2)12-20(21,3)4/h5-12,22H,1-4H3. The Morgan fingerprint density at radius 1 is 1.09 bits per heavy atom. The van der Waals surface area contributed by atoms with E-state index in [0.29, 0.717) is 5.56 Å². The fraction of sp³-hybridized carbons (Fsp3) is 0.250. The fourth-order valence-electron chi connectivity index (χ4n) is 3.32. The van der Waals surface area contributed by atoms with E-state index in [4.69, 9.17) is 0 Å². The third kappa shape index (κ3) is 2.52. The van der Waals surface area contributed by atoms with Gasteiger partial charge in [0.05, 0.1) is 11.2 Å². The summed E-state index contributed by atoms with van der Waals surface area (Å²) >= 11 is 0. The van der Waals surface area contributed by atoms with Crippen LogP contribution < -0.4 is 4.90 Å². The quantitative estimate of drug-likeness (QED) is 0.840. The van der Waals surface area contributed by atoms with Crippen molar-refractivity contribution in [1.82, 2.24) is 0 Å². The van der Waals surface area contributed by atoms with Crippen LogP contribution in [0.1, 0.15) is 42.3 Å². The second-order valence-electron chi connectivity index (χ2n) is 6.64. The van der Waals surface area contributed by atoms with Gasteiger partial charge in [-0.1, -0.05) is 24.3 Å². The number of hydrogen-bond acceptors (Lipinski definition) is 2. The summed E-state index contributed by atoms with van der Waals surface area (Å²) in [5.74, 6) is 0.184. The number of nitrogens with zero attached hydrogens (tertiary/aromatic N) is 1. The number of aromatic hydroxyl groups is 1. The first-order valence-corrected chi connectivity index (χ1v) is 7.74. The normalized spacial score (nSPS) is 15.8. The van der Waals surface area contributed by atoms with E-state index in [9.17, 15) is 9.90 Å². The molecule has 0 bridgehead atoms. The second-order valence-corrected chi connectivity index (χ2v) is 6.64. The van der Waals surface area contributed by atoms with Crippen LogP contribution in [0.15, 0.2) is 48.5 Å². The average Bonchev–Trinajstić information content (AvgIpc) is 2.47. The van der Waals surface area contributed by atoms with Gasteiger partial charge in [0.1, 0.15) is 5.75 Å². The lowest BCUT2D eigenvalue weighted by atomic mass is 9.87. The predicted molar refractivity (Wildman–Crippen MR) is 93.8 cm³/mol. The summed E-state index contributed by atoms with van der Waals surface area (Å²) in [6, 6.07) is 12.8. The Bertz CT molecular complexity index is 818. The molecule has 0 fully saturated rings. The number of fused-ring (bicyclic) bond motifs is 1. The molecule has 0 radical (unpaired) electrons. The molecule has 3 rings (SSSR count). The molecule has 0 unspecified atom stereocenters. The van der Waals surface area contributed by atoms with Gasteiger partial charge in [0.25, 0.3) is 5.91 Å². The van der Waals surface area contributed by atoms with Crippen LogP contribution >= 0.6 is 0 Å². The lowest BCUT2D eigenvalue weighted by Crippen LogP contribution is -2.49. The van der Waals surface area contributed by atoms with Crippen LogP contribution in [0.4, 0.5) is 5.69 Å². The topological polar surface area (TPSA) is 40.5 Å². The summed E-state index contributed by atoms with van der Waals surface area (Å²) in [6.45, 7) is 8.02. The molecule has 3 heteroatoms. The Hall–Kier alpha value is -2.55. The Balaban J connectivity index is 2.19. The first kappa shape index (κ1) is 15.3. The lowest BCUT2D eigenvalue weighted by molar-refractivity contribution is 0.0969. The van der Waals surface area contributed by atoms with Crippen molar-refractivity contribution < 1.29 is 9.90 Å². The van der Waals surface area contributed by atoms with Gasteiger partial charge in [-0.15, -0.1) is 0 Å². The van der Waals surface area contributed by atoms with Crippen LogP contribution in [0.3, 0.4) is 0 Å². The van der Waals surface area contributed by atoms with Gasteiger partial charge in [-0.25, -0.2) is 0 Å². The Morgan fingerprint density at radius 2 is 1.78 bits per heavy atom. The van der Waals surface area contributed by atoms with E-state index in [1.165, 1.54) is 0 Å². The second kappa shape index (κ2) is 5.27. The molecular formula is C20H21NO2. The van der Waals surface area contributed by atoms with Crippen LogP contribution in [0.2, 0.25) is 0 Å². The molecule has 2 aromatic rings. The van der Waals surface area contributed by atoms with Gasteiger partial charge in [0.15, 0.2) is 0 Å². The number of allylic oxidation sites excluding steroid dienone is 1. The zero-order chi connectivity index (χ0) is 16.8. The van der Waals surface area contributed by atoms with Crippen molar-refractivity contribution in [1.29, 1.82) is 0 Å². The molecule has 0 aliphatic carbocycles. The van der Waals surface area contributed by atoms with Crippen molar-refractivity contribution in [3.8, 4) is 5.75 Å². The summed E-state index contributed by atoms with van der Waals surface area (Å²) in [6.07, 6.45) is 2.07. The lowest BCUT2D eigenvalue weighted by Gasteiger charge is -2.41. The molecule has 2 aromatic carbocycles. The third-order valence-corrected chi connectivity index (χ3v) is 4.37. The third-order valence-electron chi connectivity index (χ3n) is 4.37. The minimum atomic E-state index is -0.437. The van der Waals surface area contributed by atoms with Gasteiger partial charge in [-0.05, 0) is 63.1 Å². The molecular weight excluding hydrogens is 286 g/mol. The minimum absolute atomic E-state index is 0.0243. The van der Waals surface area contributed by atoms with Gasteiger partial charge in [0, 0.05) is 11.1 Å². The van der Waals surface area contributed by atoms with Gasteiger partial charge in [0.2, 0.25) is 0 Å². The van der Waals surface area contributed by atoms with E-state index in [2.05, 4.69) is 6.08 Å². The fourth-order valence-corrected chi connectivity index (χ4v) is 3.32. The Labute approximate surface area is 136 Å². The molecule has 3 nitrogen and oxygen atoms in total. The summed E-state index contributed by atoms with van der Waals surface area (Å²) in [7, 11) is 0. The van der Waals surface area contributed by atoms with Crippen molar-refractivity contribution in [2.45, 2.75) is 33.2 Å². The van der Waals surface area contributed by atoms with Crippen molar-refractivity contribution in [2.75, 3.05) is 4.90 Å². The van der Waals surface area contributed by atoms with E-state index in [1.54, 1.807) is 12.1 Å². The number of benzene rings is 2. The van der Waals surface area contributed by atoms with Crippen molar-refractivity contribution >= 4 is 17.2 Å². The summed E-state index contributed by atoms with van der Waals surface area (Å²) in [5, 5.41) is 9.79. The number of phenols is 1. The number of amides is 1. The van der Waals surface area contributed by atoms with Gasteiger partial charge >= 0.3 is 0 Å². The van der Waals surface area contributed by atoms with E-state index < -0.39 is 5.54 Å². The van der Waals surface area contributed by atoms with E-state index >= 15 is 0 Å². The van der Waals surface area contributed by atoms with Crippen LogP contribution in [0.25, 0.3) is 5.57 Å². The zero-order valence-electron chi connectivity index (χ0n) is 13.9. The van der Waals surface area contributed by atoms with E-state index in [1.807, 2.05) is 62.9 Å². The number of carbonyl (C=O) groups excluding carboxylic acids is 1.